The average Bonchev–Trinajstić information content (AvgIpc) is 2.53. The molecule has 2 heterocycles. The van der Waals surface area contributed by atoms with Gasteiger partial charge in [0.2, 0.25) is 5.91 Å². The second-order valence-corrected chi connectivity index (χ2v) is 4.72. The molecule has 132 valence electrons. The molecule has 2 rings (SSSR count). The first-order valence-corrected chi connectivity index (χ1v) is 7.08. The largest absolute Gasteiger partial charge is 0.383 e. The smallest absolute Gasteiger partial charge is 0.239 e. The van der Waals surface area contributed by atoms with Gasteiger partial charge in [-0.2, -0.15) is 0 Å². The number of carbonyl (C=O) groups excluding carboxylic acids is 1. The molecule has 0 spiro atoms. The Morgan fingerprint density at radius 2 is 2.09 bits per heavy atom. The van der Waals surface area contributed by atoms with E-state index < -0.39 is 0 Å². The van der Waals surface area contributed by atoms with E-state index in [1.807, 2.05) is 12.1 Å². The monoisotopic (exact) mass is 366 g/mol. The molecule has 0 atom stereocenters. The fourth-order valence-corrected chi connectivity index (χ4v) is 2.03. The van der Waals surface area contributed by atoms with Crippen molar-refractivity contribution in [2.24, 2.45) is 0 Å². The van der Waals surface area contributed by atoms with Crippen molar-refractivity contribution in [1.29, 1.82) is 0 Å². The van der Waals surface area contributed by atoms with Gasteiger partial charge in [-0.3, -0.25) is 4.79 Å². The Morgan fingerprint density at radius 3 is 2.70 bits per heavy atom. The molecular weight excluding hydrogens is 343 g/mol. The molecule has 1 aromatic rings. The zero-order valence-electron chi connectivity index (χ0n) is 13.1. The van der Waals surface area contributed by atoms with Crippen molar-refractivity contribution in [1.82, 2.24) is 10.3 Å². The van der Waals surface area contributed by atoms with Crippen LogP contribution in [0.1, 0.15) is 0 Å². The van der Waals surface area contributed by atoms with Crippen molar-refractivity contribution in [2.45, 2.75) is 0 Å². The van der Waals surface area contributed by atoms with Gasteiger partial charge in [0.15, 0.2) is 0 Å². The SMILES string of the molecule is COCCNCC(=O)Nc1ccc(N2CCOCC2)cn1.Cl.Cl. The summed E-state index contributed by atoms with van der Waals surface area (Å²) in [5, 5.41) is 5.73. The Balaban J connectivity index is 0.00000242. The van der Waals surface area contributed by atoms with Gasteiger partial charge in [-0.15, -0.1) is 24.8 Å². The van der Waals surface area contributed by atoms with E-state index in [4.69, 9.17) is 9.47 Å². The van der Waals surface area contributed by atoms with Gasteiger partial charge < -0.3 is 25.0 Å². The maximum Gasteiger partial charge on any atom is 0.239 e. The van der Waals surface area contributed by atoms with E-state index in [2.05, 4.69) is 20.5 Å². The number of nitrogens with zero attached hydrogens (tertiary/aromatic N) is 2. The molecule has 1 saturated heterocycles. The normalized spacial score (nSPS) is 13.7. The molecule has 0 bridgehead atoms. The summed E-state index contributed by atoms with van der Waals surface area (Å²) >= 11 is 0. The molecule has 0 unspecified atom stereocenters. The van der Waals surface area contributed by atoms with Crippen molar-refractivity contribution in [3.63, 3.8) is 0 Å². The molecule has 1 fully saturated rings. The molecule has 0 saturated carbocycles. The number of anilines is 2. The van der Waals surface area contributed by atoms with E-state index in [9.17, 15) is 4.79 Å². The first-order chi connectivity index (χ1) is 10.3. The van der Waals surface area contributed by atoms with Crippen LogP contribution in [0, 0.1) is 0 Å². The zero-order chi connectivity index (χ0) is 14.9. The van der Waals surface area contributed by atoms with E-state index in [0.717, 1.165) is 32.0 Å². The number of morpholine rings is 1. The van der Waals surface area contributed by atoms with E-state index in [1.165, 1.54) is 0 Å². The lowest BCUT2D eigenvalue weighted by Gasteiger charge is -2.28. The van der Waals surface area contributed by atoms with Crippen LogP contribution in [0.25, 0.3) is 0 Å². The van der Waals surface area contributed by atoms with Gasteiger partial charge in [0.25, 0.3) is 0 Å². The van der Waals surface area contributed by atoms with Gasteiger partial charge in [0, 0.05) is 26.7 Å². The Morgan fingerprint density at radius 1 is 1.35 bits per heavy atom. The van der Waals surface area contributed by atoms with E-state index in [1.54, 1.807) is 13.3 Å². The molecule has 0 radical (unpaired) electrons. The van der Waals surface area contributed by atoms with Gasteiger partial charge in [-0.25, -0.2) is 4.98 Å². The molecule has 0 aliphatic carbocycles. The molecule has 1 aliphatic heterocycles. The Hall–Kier alpha value is -1.12. The van der Waals surface area contributed by atoms with Crippen LogP contribution in [0.5, 0.6) is 0 Å². The first-order valence-electron chi connectivity index (χ1n) is 7.08. The predicted octanol–water partition coefficient (Wildman–Crippen LogP) is 0.936. The molecule has 2 N–H and O–H groups in total. The molecule has 1 amide bonds. The van der Waals surface area contributed by atoms with Crippen LogP contribution in [-0.4, -0.2) is 64.0 Å². The molecular formula is C14H24Cl2N4O3. The van der Waals surface area contributed by atoms with Gasteiger partial charge >= 0.3 is 0 Å². The number of amides is 1. The predicted molar refractivity (Wildman–Crippen MR) is 95.1 cm³/mol. The number of hydrogen-bond acceptors (Lipinski definition) is 6. The summed E-state index contributed by atoms with van der Waals surface area (Å²) in [6.45, 7) is 4.70. The van der Waals surface area contributed by atoms with E-state index in [-0.39, 0.29) is 37.3 Å². The third-order valence-electron chi connectivity index (χ3n) is 3.16. The lowest BCUT2D eigenvalue weighted by molar-refractivity contribution is -0.115. The van der Waals surface area contributed by atoms with Crippen molar-refractivity contribution in [3.8, 4) is 0 Å². The van der Waals surface area contributed by atoms with Crippen LogP contribution >= 0.6 is 24.8 Å². The highest BCUT2D eigenvalue weighted by atomic mass is 35.5. The van der Waals surface area contributed by atoms with Crippen LogP contribution in [0.15, 0.2) is 18.3 Å². The molecule has 0 aromatic carbocycles. The fourth-order valence-electron chi connectivity index (χ4n) is 2.03. The molecule has 23 heavy (non-hydrogen) atoms. The molecule has 9 heteroatoms. The number of ether oxygens (including phenoxy) is 2. The highest BCUT2D eigenvalue weighted by molar-refractivity contribution is 5.91. The highest BCUT2D eigenvalue weighted by Crippen LogP contribution is 2.16. The Bertz CT molecular complexity index is 442. The minimum absolute atomic E-state index is 0. The van der Waals surface area contributed by atoms with Crippen molar-refractivity contribution in [3.05, 3.63) is 18.3 Å². The molecule has 1 aliphatic rings. The summed E-state index contributed by atoms with van der Waals surface area (Å²) in [6.07, 6.45) is 1.78. The highest BCUT2D eigenvalue weighted by Gasteiger charge is 2.11. The summed E-state index contributed by atoms with van der Waals surface area (Å²) in [5.74, 6) is 0.447. The van der Waals surface area contributed by atoms with Crippen LogP contribution in [0.2, 0.25) is 0 Å². The number of methoxy groups -OCH3 is 1. The lowest BCUT2D eigenvalue weighted by Crippen LogP contribution is -2.36. The van der Waals surface area contributed by atoms with Crippen molar-refractivity contribution < 1.29 is 14.3 Å². The topological polar surface area (TPSA) is 75.7 Å². The number of pyridine rings is 1. The summed E-state index contributed by atoms with van der Waals surface area (Å²) in [6, 6.07) is 3.78. The van der Waals surface area contributed by atoms with E-state index >= 15 is 0 Å². The molecule has 7 nitrogen and oxygen atoms in total. The van der Waals surface area contributed by atoms with Gasteiger partial charge in [0.1, 0.15) is 5.82 Å². The van der Waals surface area contributed by atoms with Gasteiger partial charge in [0.05, 0.1) is 38.2 Å². The standard InChI is InChI=1S/C14H22N4O3.2ClH/c1-20-7-4-15-11-14(19)17-13-3-2-12(10-16-13)18-5-8-21-9-6-18;;/h2-3,10,15H,4-9,11H2,1H3,(H,16,17,19);2*1H. The minimum atomic E-state index is -0.113. The minimum Gasteiger partial charge on any atom is -0.383 e. The maximum atomic E-state index is 11.7. The van der Waals surface area contributed by atoms with Crippen LogP contribution in [0.4, 0.5) is 11.5 Å². The second-order valence-electron chi connectivity index (χ2n) is 4.72. The van der Waals surface area contributed by atoms with Gasteiger partial charge in [-0.1, -0.05) is 0 Å². The van der Waals surface area contributed by atoms with Crippen LogP contribution in [0.3, 0.4) is 0 Å². The summed E-state index contributed by atoms with van der Waals surface area (Å²) in [7, 11) is 1.63. The summed E-state index contributed by atoms with van der Waals surface area (Å²) in [4.78, 5) is 18.2. The van der Waals surface area contributed by atoms with E-state index in [0.29, 0.717) is 19.0 Å². The van der Waals surface area contributed by atoms with Crippen molar-refractivity contribution >= 4 is 42.2 Å². The lowest BCUT2D eigenvalue weighted by atomic mass is 10.3. The number of rotatable bonds is 7. The van der Waals surface area contributed by atoms with Gasteiger partial charge in [-0.05, 0) is 12.1 Å². The number of carbonyl (C=O) groups is 1. The van der Waals surface area contributed by atoms with Crippen molar-refractivity contribution in [2.75, 3.05) is 63.3 Å². The maximum absolute atomic E-state index is 11.7. The third kappa shape index (κ3) is 7.81. The number of hydrogen-bond donors (Lipinski definition) is 2. The Labute approximate surface area is 148 Å². The first kappa shape index (κ1) is 21.9. The fraction of sp³-hybridized carbons (Fsp3) is 0.571. The Kier molecular flexibility index (Phi) is 11.7. The number of aromatic nitrogens is 1. The average molecular weight is 367 g/mol. The summed E-state index contributed by atoms with van der Waals surface area (Å²) < 4.78 is 10.2. The number of nitrogens with one attached hydrogen (secondary N) is 2. The molecule has 1 aromatic heterocycles. The van der Waals surface area contributed by atoms with Crippen LogP contribution in [-0.2, 0) is 14.3 Å². The quantitative estimate of drug-likeness (QED) is 0.699. The summed E-state index contributed by atoms with van der Waals surface area (Å²) in [5.41, 5.74) is 1.05. The second kappa shape index (κ2) is 12.3. The number of halogens is 2. The third-order valence-corrected chi connectivity index (χ3v) is 3.16. The van der Waals surface area contributed by atoms with Crippen LogP contribution < -0.4 is 15.5 Å². The zero-order valence-corrected chi connectivity index (χ0v) is 14.8.